The first-order chi connectivity index (χ1) is 6.51. The number of hydrogen-bond acceptors (Lipinski definition) is 2. The molecule has 0 bridgehead atoms. The lowest BCUT2D eigenvalue weighted by molar-refractivity contribution is 0.308. The molecule has 1 saturated heterocycles. The molecule has 0 aromatic carbocycles. The molecule has 14 heavy (non-hydrogen) atoms. The maximum atomic E-state index is 12.6. The molecule has 1 saturated carbocycles. The SMILES string of the molecule is CC1(S(=O)(=O)N2CCCC2CF)CC1. The van der Waals surface area contributed by atoms with E-state index >= 15 is 0 Å². The van der Waals surface area contributed by atoms with Crippen LogP contribution in [0.25, 0.3) is 0 Å². The van der Waals surface area contributed by atoms with Crippen molar-refractivity contribution in [2.75, 3.05) is 13.2 Å². The van der Waals surface area contributed by atoms with E-state index in [1.165, 1.54) is 4.31 Å². The molecule has 0 N–H and O–H groups in total. The first kappa shape index (κ1) is 10.4. The number of alkyl halides is 1. The third kappa shape index (κ3) is 1.37. The Bertz CT molecular complexity index is 324. The fourth-order valence-electron chi connectivity index (χ4n) is 2.00. The summed E-state index contributed by atoms with van der Waals surface area (Å²) < 4.78 is 37.5. The summed E-state index contributed by atoms with van der Waals surface area (Å²) in [5.41, 5.74) is 0. The molecule has 1 unspecified atom stereocenters. The predicted molar refractivity (Wildman–Crippen MR) is 52.3 cm³/mol. The van der Waals surface area contributed by atoms with Crippen LogP contribution in [0.1, 0.15) is 32.6 Å². The number of nitrogens with zero attached hydrogens (tertiary/aromatic N) is 1. The van der Waals surface area contributed by atoms with Gasteiger partial charge in [0.2, 0.25) is 10.0 Å². The van der Waals surface area contributed by atoms with Crippen LogP contribution in [0.4, 0.5) is 4.39 Å². The molecule has 3 nitrogen and oxygen atoms in total. The topological polar surface area (TPSA) is 37.4 Å². The summed E-state index contributed by atoms with van der Waals surface area (Å²) in [5, 5.41) is 0. The van der Waals surface area contributed by atoms with Gasteiger partial charge in [0.25, 0.3) is 0 Å². The summed E-state index contributed by atoms with van der Waals surface area (Å²) >= 11 is 0. The first-order valence-electron chi connectivity index (χ1n) is 5.09. The van der Waals surface area contributed by atoms with E-state index in [0.29, 0.717) is 13.0 Å². The van der Waals surface area contributed by atoms with Gasteiger partial charge in [-0.2, -0.15) is 4.31 Å². The number of rotatable bonds is 3. The second-order valence-electron chi connectivity index (χ2n) is 4.52. The third-order valence-corrected chi connectivity index (χ3v) is 6.14. The highest BCUT2D eigenvalue weighted by Crippen LogP contribution is 2.46. The van der Waals surface area contributed by atoms with Crippen molar-refractivity contribution in [3.8, 4) is 0 Å². The van der Waals surface area contributed by atoms with Crippen LogP contribution < -0.4 is 0 Å². The van der Waals surface area contributed by atoms with Crippen molar-refractivity contribution >= 4 is 10.0 Å². The van der Waals surface area contributed by atoms with Gasteiger partial charge in [-0.25, -0.2) is 12.8 Å². The zero-order valence-corrected chi connectivity index (χ0v) is 9.19. The molecule has 0 amide bonds. The van der Waals surface area contributed by atoms with Crippen molar-refractivity contribution in [3.63, 3.8) is 0 Å². The molecule has 2 aliphatic rings. The van der Waals surface area contributed by atoms with Gasteiger partial charge >= 0.3 is 0 Å². The molecule has 5 heteroatoms. The summed E-state index contributed by atoms with van der Waals surface area (Å²) in [6.45, 7) is 1.72. The fraction of sp³-hybridized carbons (Fsp3) is 1.00. The van der Waals surface area contributed by atoms with E-state index in [2.05, 4.69) is 0 Å². The Balaban J connectivity index is 2.22. The Kier molecular flexibility index (Phi) is 2.34. The number of hydrogen-bond donors (Lipinski definition) is 0. The Labute approximate surface area is 84.3 Å². The van der Waals surface area contributed by atoms with E-state index in [4.69, 9.17) is 0 Å². The number of sulfonamides is 1. The highest BCUT2D eigenvalue weighted by atomic mass is 32.2. The Morgan fingerprint density at radius 3 is 2.64 bits per heavy atom. The minimum atomic E-state index is -3.23. The molecule has 82 valence electrons. The maximum Gasteiger partial charge on any atom is 0.219 e. The van der Waals surface area contributed by atoms with Crippen LogP contribution in [0.15, 0.2) is 0 Å². The van der Waals surface area contributed by atoms with Crippen LogP contribution in [0.5, 0.6) is 0 Å². The zero-order valence-electron chi connectivity index (χ0n) is 8.37. The third-order valence-electron chi connectivity index (χ3n) is 3.39. The van der Waals surface area contributed by atoms with Gasteiger partial charge in [0.15, 0.2) is 0 Å². The van der Waals surface area contributed by atoms with Gasteiger partial charge in [0, 0.05) is 6.54 Å². The van der Waals surface area contributed by atoms with E-state index in [-0.39, 0.29) is 0 Å². The van der Waals surface area contributed by atoms with Crippen LogP contribution in [0.2, 0.25) is 0 Å². The van der Waals surface area contributed by atoms with Crippen molar-refractivity contribution < 1.29 is 12.8 Å². The summed E-state index contributed by atoms with van der Waals surface area (Å²) in [5.74, 6) is 0. The van der Waals surface area contributed by atoms with Gasteiger partial charge in [0.1, 0.15) is 6.67 Å². The van der Waals surface area contributed by atoms with Crippen molar-refractivity contribution in [2.45, 2.75) is 43.4 Å². The summed E-state index contributed by atoms with van der Waals surface area (Å²) in [6, 6.07) is -0.391. The van der Waals surface area contributed by atoms with Crippen LogP contribution in [-0.4, -0.2) is 36.7 Å². The molecular weight excluding hydrogens is 205 g/mol. The quantitative estimate of drug-likeness (QED) is 0.720. The molecule has 2 rings (SSSR count). The second-order valence-corrected chi connectivity index (χ2v) is 6.92. The van der Waals surface area contributed by atoms with Gasteiger partial charge in [-0.15, -0.1) is 0 Å². The lowest BCUT2D eigenvalue weighted by Crippen LogP contribution is -2.42. The molecule has 1 aliphatic carbocycles. The Hall–Kier alpha value is -0.160. The van der Waals surface area contributed by atoms with Crippen LogP contribution >= 0.6 is 0 Å². The first-order valence-corrected chi connectivity index (χ1v) is 6.53. The lowest BCUT2D eigenvalue weighted by Gasteiger charge is -2.25. The van der Waals surface area contributed by atoms with E-state index in [1.54, 1.807) is 6.92 Å². The lowest BCUT2D eigenvalue weighted by atomic mass is 10.2. The van der Waals surface area contributed by atoms with Crippen molar-refractivity contribution in [1.29, 1.82) is 0 Å². The normalized spacial score (nSPS) is 32.0. The molecule has 0 spiro atoms. The van der Waals surface area contributed by atoms with Gasteiger partial charge in [0.05, 0.1) is 10.8 Å². The minimum absolute atomic E-state index is 0.391. The van der Waals surface area contributed by atoms with Gasteiger partial charge < -0.3 is 0 Å². The highest BCUT2D eigenvalue weighted by molar-refractivity contribution is 7.90. The largest absolute Gasteiger partial charge is 0.249 e. The minimum Gasteiger partial charge on any atom is -0.249 e. The predicted octanol–water partition coefficient (Wildman–Crippen LogP) is 1.30. The molecule has 1 heterocycles. The highest BCUT2D eigenvalue weighted by Gasteiger charge is 2.54. The molecule has 2 fully saturated rings. The molecule has 0 aromatic heterocycles. The molecule has 1 aliphatic heterocycles. The van der Waals surface area contributed by atoms with Crippen molar-refractivity contribution in [3.05, 3.63) is 0 Å². The van der Waals surface area contributed by atoms with Crippen molar-refractivity contribution in [1.82, 2.24) is 4.31 Å². The zero-order chi connectivity index (χ0) is 10.4. The summed E-state index contributed by atoms with van der Waals surface area (Å²) in [7, 11) is -3.23. The molecular formula is C9H16FNO2S. The van der Waals surface area contributed by atoms with Gasteiger partial charge in [-0.1, -0.05) is 0 Å². The van der Waals surface area contributed by atoms with Gasteiger partial charge in [-0.3, -0.25) is 0 Å². The Morgan fingerprint density at radius 2 is 2.14 bits per heavy atom. The smallest absolute Gasteiger partial charge is 0.219 e. The van der Waals surface area contributed by atoms with Crippen LogP contribution in [0, 0.1) is 0 Å². The maximum absolute atomic E-state index is 12.6. The molecule has 0 radical (unpaired) electrons. The summed E-state index contributed by atoms with van der Waals surface area (Å²) in [6.07, 6.45) is 2.92. The standard InChI is InChI=1S/C9H16FNO2S/c1-9(4-5-9)14(12,13)11-6-2-3-8(11)7-10/h8H,2-7H2,1H3. The van der Waals surface area contributed by atoms with Crippen molar-refractivity contribution in [2.24, 2.45) is 0 Å². The van der Waals surface area contributed by atoms with Gasteiger partial charge in [-0.05, 0) is 32.6 Å². The van der Waals surface area contributed by atoms with E-state index in [9.17, 15) is 12.8 Å². The summed E-state index contributed by atoms with van der Waals surface area (Å²) in [4.78, 5) is 0. The second kappa shape index (κ2) is 3.17. The molecule has 1 atom stereocenters. The van der Waals surface area contributed by atoms with E-state index < -0.39 is 27.5 Å². The fourth-order valence-corrected chi connectivity index (χ4v) is 4.10. The molecule has 0 aromatic rings. The van der Waals surface area contributed by atoms with E-state index in [1.807, 2.05) is 0 Å². The monoisotopic (exact) mass is 221 g/mol. The van der Waals surface area contributed by atoms with Crippen LogP contribution in [0.3, 0.4) is 0 Å². The number of halogens is 1. The Morgan fingerprint density at radius 1 is 1.50 bits per heavy atom. The van der Waals surface area contributed by atoms with E-state index in [0.717, 1.165) is 19.3 Å². The van der Waals surface area contributed by atoms with Crippen LogP contribution in [-0.2, 0) is 10.0 Å². The average molecular weight is 221 g/mol. The average Bonchev–Trinajstić information content (AvgIpc) is 2.73.